The SMILES string of the molecule is CC(NC(=O)c1cccc(Br)c1)c1nnc2ccccn12. The van der Waals surface area contributed by atoms with Gasteiger partial charge in [-0.15, -0.1) is 10.2 Å². The number of fused-ring (bicyclic) bond motifs is 1. The van der Waals surface area contributed by atoms with Gasteiger partial charge in [0.05, 0.1) is 6.04 Å². The number of nitrogens with one attached hydrogen (secondary N) is 1. The Morgan fingerprint density at radius 3 is 2.90 bits per heavy atom. The fourth-order valence-corrected chi connectivity index (χ4v) is 2.53. The number of carbonyl (C=O) groups excluding carboxylic acids is 1. The molecule has 2 heterocycles. The molecule has 3 rings (SSSR count). The zero-order valence-corrected chi connectivity index (χ0v) is 12.9. The largest absolute Gasteiger partial charge is 0.342 e. The van der Waals surface area contributed by atoms with E-state index in [4.69, 9.17) is 0 Å². The Morgan fingerprint density at radius 2 is 2.10 bits per heavy atom. The van der Waals surface area contributed by atoms with Crippen LogP contribution in [0.2, 0.25) is 0 Å². The number of carbonyl (C=O) groups is 1. The Labute approximate surface area is 130 Å². The van der Waals surface area contributed by atoms with Gasteiger partial charge in [0, 0.05) is 16.2 Å². The number of pyridine rings is 1. The summed E-state index contributed by atoms with van der Waals surface area (Å²) in [6.07, 6.45) is 1.88. The lowest BCUT2D eigenvalue weighted by Crippen LogP contribution is -2.28. The summed E-state index contributed by atoms with van der Waals surface area (Å²) in [7, 11) is 0. The van der Waals surface area contributed by atoms with E-state index in [1.807, 2.05) is 47.9 Å². The first-order valence-corrected chi connectivity index (χ1v) is 7.30. The van der Waals surface area contributed by atoms with Crippen LogP contribution in [0.5, 0.6) is 0 Å². The average Bonchev–Trinajstić information content (AvgIpc) is 2.91. The Balaban J connectivity index is 1.83. The maximum absolute atomic E-state index is 12.2. The fourth-order valence-electron chi connectivity index (χ4n) is 2.13. The number of rotatable bonds is 3. The second-order valence-electron chi connectivity index (χ2n) is 4.69. The van der Waals surface area contributed by atoms with E-state index in [9.17, 15) is 4.79 Å². The van der Waals surface area contributed by atoms with Crippen molar-refractivity contribution in [1.29, 1.82) is 0 Å². The highest BCUT2D eigenvalue weighted by molar-refractivity contribution is 9.10. The monoisotopic (exact) mass is 344 g/mol. The minimum Gasteiger partial charge on any atom is -0.342 e. The Hall–Kier alpha value is -2.21. The maximum atomic E-state index is 12.2. The normalized spacial score (nSPS) is 12.3. The van der Waals surface area contributed by atoms with Crippen molar-refractivity contribution in [2.75, 3.05) is 0 Å². The predicted molar refractivity (Wildman–Crippen MR) is 83.0 cm³/mol. The van der Waals surface area contributed by atoms with E-state index in [1.165, 1.54) is 0 Å². The van der Waals surface area contributed by atoms with Gasteiger partial charge >= 0.3 is 0 Å². The lowest BCUT2D eigenvalue weighted by atomic mass is 10.2. The molecule has 0 aliphatic carbocycles. The van der Waals surface area contributed by atoms with Crippen LogP contribution in [0.1, 0.15) is 29.1 Å². The number of aromatic nitrogens is 3. The van der Waals surface area contributed by atoms with Crippen molar-refractivity contribution in [3.8, 4) is 0 Å². The summed E-state index contributed by atoms with van der Waals surface area (Å²) >= 11 is 3.36. The highest BCUT2D eigenvalue weighted by Crippen LogP contribution is 2.15. The summed E-state index contributed by atoms with van der Waals surface area (Å²) in [6.45, 7) is 1.89. The molecule has 3 aromatic rings. The van der Waals surface area contributed by atoms with Gasteiger partial charge in [0.1, 0.15) is 0 Å². The molecule has 0 spiro atoms. The molecule has 0 bridgehead atoms. The maximum Gasteiger partial charge on any atom is 0.251 e. The van der Waals surface area contributed by atoms with Crippen LogP contribution in [0.15, 0.2) is 53.1 Å². The lowest BCUT2D eigenvalue weighted by Gasteiger charge is -2.12. The molecule has 5 nitrogen and oxygen atoms in total. The van der Waals surface area contributed by atoms with Crippen molar-refractivity contribution < 1.29 is 4.79 Å². The van der Waals surface area contributed by atoms with Gasteiger partial charge in [-0.25, -0.2) is 0 Å². The van der Waals surface area contributed by atoms with Gasteiger partial charge < -0.3 is 5.32 Å². The summed E-state index contributed by atoms with van der Waals surface area (Å²) in [5.74, 6) is 0.561. The third-order valence-corrected chi connectivity index (χ3v) is 3.66. The van der Waals surface area contributed by atoms with E-state index in [0.29, 0.717) is 11.4 Å². The Bertz CT molecular complexity index is 799. The first-order valence-electron chi connectivity index (χ1n) is 6.51. The molecule has 106 valence electrons. The van der Waals surface area contributed by atoms with Gasteiger partial charge in [0.15, 0.2) is 11.5 Å². The molecule has 1 atom stereocenters. The van der Waals surface area contributed by atoms with E-state index in [-0.39, 0.29) is 11.9 Å². The van der Waals surface area contributed by atoms with Crippen LogP contribution in [0, 0.1) is 0 Å². The molecule has 0 radical (unpaired) electrons. The second-order valence-corrected chi connectivity index (χ2v) is 5.61. The standard InChI is InChI=1S/C15H13BrN4O/c1-10(14-19-18-13-7-2-3-8-20(13)14)17-15(21)11-5-4-6-12(16)9-11/h2-10H,1H3,(H,17,21). The average molecular weight is 345 g/mol. The van der Waals surface area contributed by atoms with Gasteiger partial charge in [0.2, 0.25) is 0 Å². The van der Waals surface area contributed by atoms with E-state index in [1.54, 1.807) is 12.1 Å². The minimum absolute atomic E-state index is 0.142. The molecule has 1 amide bonds. The van der Waals surface area contributed by atoms with Crippen LogP contribution in [0.4, 0.5) is 0 Å². The van der Waals surface area contributed by atoms with Crippen LogP contribution >= 0.6 is 15.9 Å². The molecular formula is C15H13BrN4O. The molecule has 0 saturated heterocycles. The summed E-state index contributed by atoms with van der Waals surface area (Å²) in [4.78, 5) is 12.2. The fraction of sp³-hybridized carbons (Fsp3) is 0.133. The zero-order chi connectivity index (χ0) is 14.8. The highest BCUT2D eigenvalue weighted by Gasteiger charge is 2.16. The molecule has 0 aliphatic heterocycles. The molecular weight excluding hydrogens is 332 g/mol. The van der Waals surface area contributed by atoms with E-state index in [0.717, 1.165) is 10.1 Å². The number of hydrogen-bond donors (Lipinski definition) is 1. The van der Waals surface area contributed by atoms with Gasteiger partial charge in [-0.1, -0.05) is 28.1 Å². The highest BCUT2D eigenvalue weighted by atomic mass is 79.9. The smallest absolute Gasteiger partial charge is 0.251 e. The molecule has 1 aromatic carbocycles. The molecule has 21 heavy (non-hydrogen) atoms. The van der Waals surface area contributed by atoms with Gasteiger partial charge in [-0.05, 0) is 37.3 Å². The van der Waals surface area contributed by atoms with Crippen molar-refractivity contribution >= 4 is 27.5 Å². The van der Waals surface area contributed by atoms with Crippen molar-refractivity contribution in [2.24, 2.45) is 0 Å². The summed E-state index contributed by atoms with van der Waals surface area (Å²) in [5.41, 5.74) is 1.36. The van der Waals surface area contributed by atoms with Gasteiger partial charge in [-0.2, -0.15) is 0 Å². The second kappa shape index (κ2) is 5.65. The first-order chi connectivity index (χ1) is 10.1. The van der Waals surface area contributed by atoms with E-state index in [2.05, 4.69) is 31.4 Å². The molecule has 1 unspecified atom stereocenters. The third-order valence-electron chi connectivity index (χ3n) is 3.16. The number of halogens is 1. The predicted octanol–water partition coefficient (Wildman–Crippen LogP) is 2.98. The topological polar surface area (TPSA) is 59.3 Å². The van der Waals surface area contributed by atoms with Crippen molar-refractivity contribution in [3.63, 3.8) is 0 Å². The summed E-state index contributed by atoms with van der Waals surface area (Å²) in [5, 5.41) is 11.2. The Morgan fingerprint density at radius 1 is 1.24 bits per heavy atom. The first kappa shape index (κ1) is 13.8. The van der Waals surface area contributed by atoms with Crippen molar-refractivity contribution in [1.82, 2.24) is 19.9 Å². The molecule has 0 saturated carbocycles. The molecule has 6 heteroatoms. The zero-order valence-electron chi connectivity index (χ0n) is 11.3. The summed E-state index contributed by atoms with van der Waals surface area (Å²) < 4.78 is 2.74. The van der Waals surface area contributed by atoms with Crippen LogP contribution in [-0.4, -0.2) is 20.5 Å². The number of nitrogens with zero attached hydrogens (tertiary/aromatic N) is 3. The number of hydrogen-bond acceptors (Lipinski definition) is 3. The van der Waals surface area contributed by atoms with Crippen LogP contribution in [0.25, 0.3) is 5.65 Å². The lowest BCUT2D eigenvalue weighted by molar-refractivity contribution is 0.0938. The van der Waals surface area contributed by atoms with E-state index >= 15 is 0 Å². The number of amides is 1. The van der Waals surface area contributed by atoms with Gasteiger partial charge in [-0.3, -0.25) is 9.20 Å². The van der Waals surface area contributed by atoms with Crippen molar-refractivity contribution in [2.45, 2.75) is 13.0 Å². The van der Waals surface area contributed by atoms with E-state index < -0.39 is 0 Å². The molecule has 2 aromatic heterocycles. The number of benzene rings is 1. The Kier molecular flexibility index (Phi) is 3.70. The van der Waals surface area contributed by atoms with Crippen LogP contribution < -0.4 is 5.32 Å². The molecule has 1 N–H and O–H groups in total. The minimum atomic E-state index is -0.242. The van der Waals surface area contributed by atoms with Crippen LogP contribution in [0.3, 0.4) is 0 Å². The van der Waals surface area contributed by atoms with Gasteiger partial charge in [0.25, 0.3) is 5.91 Å². The van der Waals surface area contributed by atoms with Crippen LogP contribution in [-0.2, 0) is 0 Å². The molecule has 0 fully saturated rings. The summed E-state index contributed by atoms with van der Waals surface area (Å²) in [6, 6.07) is 12.7. The molecule has 0 aliphatic rings. The van der Waals surface area contributed by atoms with Crippen molar-refractivity contribution in [3.05, 3.63) is 64.5 Å². The quantitative estimate of drug-likeness (QED) is 0.794. The third kappa shape index (κ3) is 2.80.